The molecule has 0 fully saturated rings. The Labute approximate surface area is 230 Å². The van der Waals surface area contributed by atoms with Gasteiger partial charge in [-0.15, -0.1) is 35.9 Å². The van der Waals surface area contributed by atoms with Gasteiger partial charge >= 0.3 is 0 Å². The van der Waals surface area contributed by atoms with Crippen LogP contribution in [0.1, 0.15) is 0 Å². The molecule has 0 unspecified atom stereocenters. The molecule has 6 aromatic rings. The fourth-order valence-corrected chi connectivity index (χ4v) is 3.74. The molecule has 2 aromatic heterocycles. The van der Waals surface area contributed by atoms with Crippen molar-refractivity contribution >= 4 is 0 Å². The van der Waals surface area contributed by atoms with Crippen LogP contribution in [0.2, 0.25) is 0 Å². The van der Waals surface area contributed by atoms with E-state index in [0.29, 0.717) is 17.2 Å². The van der Waals surface area contributed by atoms with Crippen LogP contribution in [-0.4, -0.2) is 15.1 Å². The second kappa shape index (κ2) is 12.6. The van der Waals surface area contributed by atoms with Crippen LogP contribution in [0.3, 0.4) is 0 Å². The van der Waals surface area contributed by atoms with Crippen LogP contribution in [0, 0.1) is 6.07 Å². The normalized spacial score (nSPS) is 10.1. The number of pyridine rings is 1. The minimum absolute atomic E-state index is 0. The van der Waals surface area contributed by atoms with Gasteiger partial charge in [0.15, 0.2) is 5.76 Å². The second-order valence-corrected chi connectivity index (χ2v) is 7.94. The molecule has 1 N–H and O–H groups in total. The summed E-state index contributed by atoms with van der Waals surface area (Å²) >= 11 is 0. The van der Waals surface area contributed by atoms with Gasteiger partial charge in [0.25, 0.3) is 0 Å². The van der Waals surface area contributed by atoms with Crippen molar-refractivity contribution in [1.29, 1.82) is 0 Å². The van der Waals surface area contributed by atoms with Gasteiger partial charge in [-0.2, -0.15) is 0 Å². The van der Waals surface area contributed by atoms with E-state index in [-0.39, 0.29) is 26.2 Å². The molecule has 4 nitrogen and oxygen atoms in total. The van der Waals surface area contributed by atoms with E-state index in [1.54, 1.807) is 24.4 Å². The molecule has 184 valence electrons. The summed E-state index contributed by atoms with van der Waals surface area (Å²) in [5.41, 5.74) is 5.28. The van der Waals surface area contributed by atoms with Gasteiger partial charge in [0, 0.05) is 37.7 Å². The van der Waals surface area contributed by atoms with E-state index in [0.717, 1.165) is 28.1 Å². The van der Waals surface area contributed by atoms with E-state index in [2.05, 4.69) is 16.0 Å². The zero-order chi connectivity index (χ0) is 24.6. The zero-order valence-corrected chi connectivity index (χ0v) is 21.3. The Balaban J connectivity index is 0.000000208. The molecule has 0 amide bonds. The van der Waals surface area contributed by atoms with E-state index in [1.165, 1.54) is 0 Å². The molecular weight excluding hydrogens is 551 g/mol. The number of aromatic nitrogens is 2. The van der Waals surface area contributed by atoms with Crippen LogP contribution in [0.4, 0.5) is 0 Å². The van der Waals surface area contributed by atoms with Crippen LogP contribution in [0.15, 0.2) is 138 Å². The van der Waals surface area contributed by atoms with Gasteiger partial charge in [-0.3, -0.25) is 0 Å². The van der Waals surface area contributed by atoms with Crippen molar-refractivity contribution in [2.24, 2.45) is 0 Å². The van der Waals surface area contributed by atoms with Crippen LogP contribution >= 0.6 is 0 Å². The largest absolute Gasteiger partial charge is 0.507 e. The molecule has 5 heteroatoms. The van der Waals surface area contributed by atoms with Crippen molar-refractivity contribution in [3.05, 3.63) is 140 Å². The van der Waals surface area contributed by atoms with Gasteiger partial charge in [0.05, 0.1) is 5.56 Å². The standard InChI is InChI=1S/C21H15NO2.C11H8N.Pd/c23-18-14-8-7-13-17(18)21-22-19(15-9-3-1-4-10-15)20(24-21)16-11-5-2-6-12-16;1-2-6-10(7-3-1)11-8-4-5-9-12-11;/h1-14,23H;1-6,8-9H;/q;-1;. The Morgan fingerprint density at radius 1 is 0.649 bits per heavy atom. The molecular formula is C32H23N2O2Pd-. The Morgan fingerprint density at radius 3 is 1.95 bits per heavy atom. The summed E-state index contributed by atoms with van der Waals surface area (Å²) in [7, 11) is 0. The number of hydrogen-bond donors (Lipinski definition) is 1. The van der Waals surface area contributed by atoms with Crippen LogP contribution in [0.25, 0.3) is 45.3 Å². The molecule has 0 saturated carbocycles. The summed E-state index contributed by atoms with van der Waals surface area (Å²) in [6, 6.07) is 43.6. The molecule has 0 radical (unpaired) electrons. The number of phenolic OH excluding ortho intramolecular Hbond substituents is 1. The van der Waals surface area contributed by atoms with Gasteiger partial charge < -0.3 is 14.5 Å². The smallest absolute Gasteiger partial charge is 0.231 e. The maximum atomic E-state index is 10.1. The second-order valence-electron chi connectivity index (χ2n) is 7.94. The van der Waals surface area contributed by atoms with Crippen LogP contribution in [0.5, 0.6) is 5.75 Å². The summed E-state index contributed by atoms with van der Waals surface area (Å²) < 4.78 is 6.05. The molecule has 0 aliphatic rings. The maximum Gasteiger partial charge on any atom is 0.231 e. The maximum absolute atomic E-state index is 10.1. The number of nitrogens with zero attached hydrogens (tertiary/aromatic N) is 2. The predicted octanol–water partition coefficient (Wildman–Crippen LogP) is 7.93. The van der Waals surface area contributed by atoms with Gasteiger partial charge in [0.2, 0.25) is 5.89 Å². The zero-order valence-electron chi connectivity index (χ0n) is 19.8. The van der Waals surface area contributed by atoms with E-state index in [4.69, 9.17) is 4.42 Å². The SMILES string of the molecule is Oc1ccccc1-c1nc(-c2ccccc2)c(-c2ccccc2)o1.[Pd].[c-]1ccccc1-c1ccccn1. The van der Waals surface area contributed by atoms with Crippen molar-refractivity contribution in [3.63, 3.8) is 0 Å². The van der Waals surface area contributed by atoms with E-state index < -0.39 is 0 Å². The molecule has 6 rings (SSSR count). The summed E-state index contributed by atoms with van der Waals surface area (Å²) in [6.45, 7) is 0. The first-order valence-corrected chi connectivity index (χ1v) is 11.6. The molecule has 0 atom stereocenters. The van der Waals surface area contributed by atoms with Crippen molar-refractivity contribution in [2.45, 2.75) is 0 Å². The molecule has 37 heavy (non-hydrogen) atoms. The molecule has 0 bridgehead atoms. The predicted molar refractivity (Wildman–Crippen MR) is 143 cm³/mol. The minimum Gasteiger partial charge on any atom is -0.507 e. The number of benzene rings is 4. The van der Waals surface area contributed by atoms with E-state index >= 15 is 0 Å². The first-order chi connectivity index (χ1) is 17.8. The third kappa shape index (κ3) is 6.29. The first-order valence-electron chi connectivity index (χ1n) is 11.6. The molecule has 4 aromatic carbocycles. The third-order valence-electron chi connectivity index (χ3n) is 5.49. The Hall–Kier alpha value is -4.30. The third-order valence-corrected chi connectivity index (χ3v) is 5.49. The molecule has 0 saturated heterocycles. The van der Waals surface area contributed by atoms with Crippen LogP contribution in [-0.2, 0) is 20.4 Å². The van der Waals surface area contributed by atoms with Gasteiger partial charge in [0.1, 0.15) is 11.4 Å². The number of para-hydroxylation sites is 1. The quantitative estimate of drug-likeness (QED) is 0.172. The molecule has 0 aliphatic carbocycles. The van der Waals surface area contributed by atoms with E-state index in [1.807, 2.05) is 109 Å². The first kappa shape index (κ1) is 25.8. The fraction of sp³-hybridized carbons (Fsp3) is 0. The average Bonchev–Trinajstić information content (AvgIpc) is 3.41. The van der Waals surface area contributed by atoms with E-state index in [9.17, 15) is 5.11 Å². The summed E-state index contributed by atoms with van der Waals surface area (Å²) in [5.74, 6) is 1.25. The van der Waals surface area contributed by atoms with Crippen molar-refractivity contribution < 1.29 is 29.9 Å². The number of hydrogen-bond acceptors (Lipinski definition) is 4. The Kier molecular flexibility index (Phi) is 8.78. The molecule has 0 spiro atoms. The minimum atomic E-state index is 0. The Morgan fingerprint density at radius 2 is 1.30 bits per heavy atom. The molecule has 0 aliphatic heterocycles. The van der Waals surface area contributed by atoms with Crippen molar-refractivity contribution in [3.8, 4) is 51.0 Å². The van der Waals surface area contributed by atoms with Gasteiger partial charge in [-0.1, -0.05) is 84.9 Å². The van der Waals surface area contributed by atoms with Crippen molar-refractivity contribution in [1.82, 2.24) is 9.97 Å². The van der Waals surface area contributed by atoms with Gasteiger partial charge in [-0.05, 0) is 23.9 Å². The molecule has 2 heterocycles. The monoisotopic (exact) mass is 573 g/mol. The summed E-state index contributed by atoms with van der Waals surface area (Å²) in [4.78, 5) is 8.88. The fourth-order valence-electron chi connectivity index (χ4n) is 3.74. The van der Waals surface area contributed by atoms with Crippen LogP contribution < -0.4 is 0 Å². The topological polar surface area (TPSA) is 59.2 Å². The number of oxazole rings is 1. The summed E-state index contributed by atoms with van der Waals surface area (Å²) in [5, 5.41) is 10.1. The summed E-state index contributed by atoms with van der Waals surface area (Å²) in [6.07, 6.45) is 1.79. The number of aromatic hydroxyl groups is 1. The number of phenols is 1. The van der Waals surface area contributed by atoms with Gasteiger partial charge in [-0.25, -0.2) is 4.98 Å². The number of rotatable bonds is 4. The Bertz CT molecular complexity index is 1430. The average molecular weight is 574 g/mol. The van der Waals surface area contributed by atoms with Crippen molar-refractivity contribution in [2.75, 3.05) is 0 Å².